The van der Waals surface area contributed by atoms with Crippen molar-refractivity contribution in [1.82, 2.24) is 19.5 Å². The number of pyridine rings is 2. The standard InChI is InChI=1S/C67H42N4/c1-2-15-44(16-3-1)52-38-40-68-65-59(52)36-37-60-54(39-41-69-66(60)65)53-19-7-6-18-51(53)45-27-29-47(30-28-45)67-70-61-24-12-13-25-62(61)71(67)50-34-32-46(33-35-50)63-55-20-8-10-22-57(55)64(58-23-11-9-21-56(58)63)49-31-26-43-14-4-5-17-48(43)42-49/h1-42H. The molecule has 4 heteroatoms. The average Bonchev–Trinajstić information content (AvgIpc) is 3.84. The van der Waals surface area contributed by atoms with Crippen molar-refractivity contribution in [2.24, 2.45) is 0 Å². The second-order valence-electron chi connectivity index (χ2n) is 18.3. The van der Waals surface area contributed by atoms with Crippen LogP contribution in [0, 0.1) is 0 Å². The Balaban J connectivity index is 0.844. The van der Waals surface area contributed by atoms with Crippen LogP contribution >= 0.6 is 0 Å². The van der Waals surface area contributed by atoms with Gasteiger partial charge in [-0.1, -0.05) is 200 Å². The normalized spacial score (nSPS) is 11.7. The lowest BCUT2D eigenvalue weighted by molar-refractivity contribution is 1.10. The fourth-order valence-corrected chi connectivity index (χ4v) is 11.1. The third-order valence-electron chi connectivity index (χ3n) is 14.3. The van der Waals surface area contributed by atoms with Crippen molar-refractivity contribution in [2.45, 2.75) is 0 Å². The van der Waals surface area contributed by atoms with E-state index in [1.165, 1.54) is 54.6 Å². The molecule has 0 aliphatic rings. The van der Waals surface area contributed by atoms with Crippen LogP contribution in [0.1, 0.15) is 0 Å². The van der Waals surface area contributed by atoms with E-state index in [0.29, 0.717) is 0 Å². The quantitative estimate of drug-likeness (QED) is 0.118. The van der Waals surface area contributed by atoms with Gasteiger partial charge in [-0.2, -0.15) is 0 Å². The van der Waals surface area contributed by atoms with Gasteiger partial charge in [-0.25, -0.2) is 4.98 Å². The van der Waals surface area contributed by atoms with Crippen molar-refractivity contribution in [3.63, 3.8) is 0 Å². The lowest BCUT2D eigenvalue weighted by atomic mass is 9.85. The zero-order valence-electron chi connectivity index (χ0n) is 38.5. The summed E-state index contributed by atoms with van der Waals surface area (Å²) < 4.78 is 2.30. The number of para-hydroxylation sites is 2. The number of hydrogen-bond donors (Lipinski definition) is 0. The minimum Gasteiger partial charge on any atom is -0.292 e. The molecule has 14 aromatic rings. The summed E-state index contributed by atoms with van der Waals surface area (Å²) in [7, 11) is 0. The Morgan fingerprint density at radius 2 is 0.803 bits per heavy atom. The van der Waals surface area contributed by atoms with E-state index in [0.717, 1.165) is 83.3 Å². The van der Waals surface area contributed by atoms with Crippen LogP contribution in [-0.4, -0.2) is 19.5 Å². The van der Waals surface area contributed by atoms with Crippen molar-refractivity contribution in [3.05, 3.63) is 255 Å². The van der Waals surface area contributed by atoms with Gasteiger partial charge in [-0.3, -0.25) is 14.5 Å². The summed E-state index contributed by atoms with van der Waals surface area (Å²) in [5.41, 5.74) is 17.6. The topological polar surface area (TPSA) is 43.6 Å². The Kier molecular flexibility index (Phi) is 9.49. The zero-order chi connectivity index (χ0) is 46.8. The highest BCUT2D eigenvalue weighted by Gasteiger charge is 2.20. The third kappa shape index (κ3) is 6.72. The highest BCUT2D eigenvalue weighted by atomic mass is 15.1. The van der Waals surface area contributed by atoms with Crippen molar-refractivity contribution >= 4 is 65.2 Å². The molecule has 330 valence electrons. The van der Waals surface area contributed by atoms with E-state index < -0.39 is 0 Å². The van der Waals surface area contributed by atoms with Crippen molar-refractivity contribution < 1.29 is 0 Å². The van der Waals surface area contributed by atoms with Gasteiger partial charge in [0.15, 0.2) is 0 Å². The molecular formula is C67H42N4. The maximum Gasteiger partial charge on any atom is 0.145 e. The molecule has 3 aromatic heterocycles. The number of nitrogens with zero attached hydrogens (tertiary/aromatic N) is 4. The summed E-state index contributed by atoms with van der Waals surface area (Å²) in [6.07, 6.45) is 3.81. The van der Waals surface area contributed by atoms with Gasteiger partial charge in [0.05, 0.1) is 22.1 Å². The fraction of sp³-hybridized carbons (Fsp3) is 0. The predicted molar refractivity (Wildman–Crippen MR) is 297 cm³/mol. The molecule has 0 unspecified atom stereocenters. The van der Waals surface area contributed by atoms with Crippen molar-refractivity contribution in [2.75, 3.05) is 0 Å². The van der Waals surface area contributed by atoms with E-state index in [1.54, 1.807) is 0 Å². The lowest BCUT2D eigenvalue weighted by Crippen LogP contribution is -1.98. The first-order valence-electron chi connectivity index (χ1n) is 24.2. The molecule has 0 bridgehead atoms. The van der Waals surface area contributed by atoms with Gasteiger partial charge < -0.3 is 0 Å². The monoisotopic (exact) mass is 902 g/mol. The van der Waals surface area contributed by atoms with Gasteiger partial charge in [0.2, 0.25) is 0 Å². The highest BCUT2D eigenvalue weighted by Crippen LogP contribution is 2.45. The molecule has 0 fully saturated rings. The fourth-order valence-electron chi connectivity index (χ4n) is 11.1. The zero-order valence-corrected chi connectivity index (χ0v) is 38.5. The first kappa shape index (κ1) is 40.5. The highest BCUT2D eigenvalue weighted by molar-refractivity contribution is 6.22. The molecule has 0 radical (unpaired) electrons. The van der Waals surface area contributed by atoms with Crippen LogP contribution in [0.15, 0.2) is 255 Å². The maximum atomic E-state index is 5.28. The van der Waals surface area contributed by atoms with E-state index in [2.05, 4.69) is 241 Å². The first-order chi connectivity index (χ1) is 35.2. The second-order valence-corrected chi connectivity index (χ2v) is 18.3. The van der Waals surface area contributed by atoms with E-state index in [4.69, 9.17) is 15.0 Å². The summed E-state index contributed by atoms with van der Waals surface area (Å²) in [5.74, 6) is 0.892. The van der Waals surface area contributed by atoms with Gasteiger partial charge >= 0.3 is 0 Å². The van der Waals surface area contributed by atoms with Gasteiger partial charge in [-0.05, 0) is 130 Å². The smallest absolute Gasteiger partial charge is 0.145 e. The molecule has 0 spiro atoms. The molecule has 14 rings (SSSR count). The van der Waals surface area contributed by atoms with Crippen molar-refractivity contribution in [3.8, 4) is 72.7 Å². The predicted octanol–water partition coefficient (Wildman–Crippen LogP) is 17.6. The number of aromatic nitrogens is 4. The molecule has 0 saturated heterocycles. The Bertz CT molecular complexity index is 4320. The number of benzene rings is 11. The molecule has 0 aliphatic heterocycles. The van der Waals surface area contributed by atoms with Crippen LogP contribution < -0.4 is 0 Å². The van der Waals surface area contributed by atoms with Crippen LogP contribution in [0.3, 0.4) is 0 Å². The molecule has 11 aromatic carbocycles. The van der Waals surface area contributed by atoms with Gasteiger partial charge in [0.25, 0.3) is 0 Å². The molecular weight excluding hydrogens is 861 g/mol. The minimum atomic E-state index is 0.892. The molecule has 0 N–H and O–H groups in total. The molecule has 71 heavy (non-hydrogen) atoms. The van der Waals surface area contributed by atoms with E-state index in [9.17, 15) is 0 Å². The van der Waals surface area contributed by atoms with Crippen LogP contribution in [0.4, 0.5) is 0 Å². The Morgan fingerprint density at radius 3 is 1.51 bits per heavy atom. The van der Waals surface area contributed by atoms with Gasteiger partial charge in [-0.15, -0.1) is 0 Å². The van der Waals surface area contributed by atoms with Crippen LogP contribution in [0.25, 0.3) is 138 Å². The molecule has 0 saturated carbocycles. The van der Waals surface area contributed by atoms with Crippen LogP contribution in [0.2, 0.25) is 0 Å². The number of fused-ring (bicyclic) bond motifs is 7. The van der Waals surface area contributed by atoms with Crippen LogP contribution in [-0.2, 0) is 0 Å². The molecule has 0 atom stereocenters. The van der Waals surface area contributed by atoms with Crippen LogP contribution in [0.5, 0.6) is 0 Å². The molecule has 3 heterocycles. The summed E-state index contributed by atoms with van der Waals surface area (Å²) in [6.45, 7) is 0. The third-order valence-corrected chi connectivity index (χ3v) is 14.3. The molecule has 4 nitrogen and oxygen atoms in total. The largest absolute Gasteiger partial charge is 0.292 e. The maximum absolute atomic E-state index is 5.28. The number of hydrogen-bond acceptors (Lipinski definition) is 3. The van der Waals surface area contributed by atoms with Crippen molar-refractivity contribution in [1.29, 1.82) is 0 Å². The summed E-state index contributed by atoms with van der Waals surface area (Å²) in [6, 6.07) is 87.3. The molecule has 0 amide bonds. The summed E-state index contributed by atoms with van der Waals surface area (Å²) in [5, 5.41) is 9.60. The number of imidazole rings is 1. The Labute approximate surface area is 410 Å². The SMILES string of the molecule is c1ccc(-c2ccnc3c2ccc2c(-c4ccccc4-c4ccc(-c5nc6ccccc6n5-c5ccc(-c6c7ccccc7c(-c7ccc8ccccc8c7)c7ccccc67)cc5)cc4)ccnc23)cc1. The lowest BCUT2D eigenvalue weighted by Gasteiger charge is -2.18. The number of rotatable bonds is 7. The summed E-state index contributed by atoms with van der Waals surface area (Å²) in [4.78, 5) is 15.1. The Hall–Kier alpha value is -9.51. The van der Waals surface area contributed by atoms with E-state index >= 15 is 0 Å². The average molecular weight is 903 g/mol. The minimum absolute atomic E-state index is 0.892. The first-order valence-corrected chi connectivity index (χ1v) is 24.2. The Morgan fingerprint density at radius 1 is 0.296 bits per heavy atom. The molecule has 0 aliphatic carbocycles. The van der Waals surface area contributed by atoms with E-state index in [1.807, 2.05) is 18.5 Å². The van der Waals surface area contributed by atoms with Gasteiger partial charge in [0, 0.05) is 34.4 Å². The van der Waals surface area contributed by atoms with E-state index in [-0.39, 0.29) is 0 Å². The van der Waals surface area contributed by atoms with Gasteiger partial charge in [0.1, 0.15) is 5.82 Å². The second kappa shape index (κ2) is 16.6. The summed E-state index contributed by atoms with van der Waals surface area (Å²) >= 11 is 0.